The van der Waals surface area contributed by atoms with Gasteiger partial charge < -0.3 is 4.74 Å². The third kappa shape index (κ3) is 3.03. The molecule has 0 unspecified atom stereocenters. The van der Waals surface area contributed by atoms with E-state index in [9.17, 15) is 0 Å². The molecule has 0 saturated carbocycles. The minimum absolute atomic E-state index is 0.398. The molecule has 96 valence electrons. The largest absolute Gasteiger partial charge is 0.485 e. The number of hydrogen-bond acceptors (Lipinski definition) is 3. The molecule has 2 rings (SSSR count). The summed E-state index contributed by atoms with van der Waals surface area (Å²) in [5, 5.41) is 5.50. The second-order valence-corrected chi connectivity index (χ2v) is 4.66. The van der Waals surface area contributed by atoms with Gasteiger partial charge in [0.25, 0.3) is 0 Å². The van der Waals surface area contributed by atoms with Crippen molar-refractivity contribution in [3.8, 4) is 5.75 Å². The predicted molar refractivity (Wildman–Crippen MR) is 74.1 cm³/mol. The van der Waals surface area contributed by atoms with Crippen LogP contribution in [0.25, 0.3) is 0 Å². The Morgan fingerprint density at radius 3 is 3.00 bits per heavy atom. The van der Waals surface area contributed by atoms with Gasteiger partial charge in [-0.1, -0.05) is 27.5 Å². The molecule has 2 aromatic rings. The fourth-order valence-corrected chi connectivity index (χ4v) is 2.23. The van der Waals surface area contributed by atoms with E-state index in [0.29, 0.717) is 17.0 Å². The molecule has 0 bridgehead atoms. The van der Waals surface area contributed by atoms with E-state index < -0.39 is 0 Å². The van der Waals surface area contributed by atoms with E-state index in [1.807, 2.05) is 29.8 Å². The molecule has 0 fully saturated rings. The van der Waals surface area contributed by atoms with Crippen LogP contribution >= 0.6 is 27.5 Å². The van der Waals surface area contributed by atoms with Gasteiger partial charge in [0.05, 0.1) is 0 Å². The summed E-state index contributed by atoms with van der Waals surface area (Å²) in [4.78, 5) is 4.16. The molecule has 4 nitrogen and oxygen atoms in total. The third-order valence-electron chi connectivity index (χ3n) is 2.52. The molecule has 0 spiro atoms. The monoisotopic (exact) mass is 329 g/mol. The van der Waals surface area contributed by atoms with Crippen molar-refractivity contribution in [3.63, 3.8) is 0 Å². The topological polar surface area (TPSA) is 39.9 Å². The summed E-state index contributed by atoms with van der Waals surface area (Å²) in [6.45, 7) is 3.20. The summed E-state index contributed by atoms with van der Waals surface area (Å²) < 4.78 is 7.57. The summed E-state index contributed by atoms with van der Waals surface area (Å²) in [6.07, 6.45) is 1.54. The van der Waals surface area contributed by atoms with Crippen LogP contribution in [0.15, 0.2) is 24.5 Å². The van der Waals surface area contributed by atoms with Crippen LogP contribution in [-0.4, -0.2) is 14.8 Å². The molecular weight excluding hydrogens is 318 g/mol. The van der Waals surface area contributed by atoms with E-state index in [-0.39, 0.29) is 0 Å². The van der Waals surface area contributed by atoms with Gasteiger partial charge >= 0.3 is 0 Å². The number of alkyl halides is 1. The molecule has 0 aliphatic heterocycles. The molecule has 1 aromatic heterocycles. The first kappa shape index (κ1) is 13.4. The molecule has 0 aliphatic carbocycles. The van der Waals surface area contributed by atoms with Crippen molar-refractivity contribution < 1.29 is 4.74 Å². The zero-order chi connectivity index (χ0) is 13.0. The van der Waals surface area contributed by atoms with E-state index >= 15 is 0 Å². The molecule has 0 aliphatic rings. The SMILES string of the molecule is CCn1ncnc1COc1ccc(Cl)cc1CBr. The number of benzene rings is 1. The van der Waals surface area contributed by atoms with Crippen molar-refractivity contribution >= 4 is 27.5 Å². The summed E-state index contributed by atoms with van der Waals surface area (Å²) in [6, 6.07) is 5.56. The Bertz CT molecular complexity index is 530. The second kappa shape index (κ2) is 6.20. The lowest BCUT2D eigenvalue weighted by Gasteiger charge is -2.10. The maximum Gasteiger partial charge on any atom is 0.164 e. The van der Waals surface area contributed by atoms with E-state index in [2.05, 4.69) is 26.0 Å². The van der Waals surface area contributed by atoms with E-state index in [1.54, 1.807) is 0 Å². The van der Waals surface area contributed by atoms with Gasteiger partial charge in [-0.15, -0.1) is 0 Å². The predicted octanol–water partition coefficient (Wildman–Crippen LogP) is 3.43. The number of rotatable bonds is 5. The Labute approximate surface area is 119 Å². The van der Waals surface area contributed by atoms with Gasteiger partial charge in [0.15, 0.2) is 5.82 Å². The fraction of sp³-hybridized carbons (Fsp3) is 0.333. The van der Waals surface area contributed by atoms with Crippen LogP contribution in [0.2, 0.25) is 5.02 Å². The van der Waals surface area contributed by atoms with Crippen LogP contribution in [-0.2, 0) is 18.5 Å². The third-order valence-corrected chi connectivity index (χ3v) is 3.36. The normalized spacial score (nSPS) is 10.6. The lowest BCUT2D eigenvalue weighted by Crippen LogP contribution is -2.07. The Morgan fingerprint density at radius 2 is 2.28 bits per heavy atom. The summed E-state index contributed by atoms with van der Waals surface area (Å²) >= 11 is 9.36. The van der Waals surface area contributed by atoms with Crippen molar-refractivity contribution in [2.24, 2.45) is 0 Å². The first-order chi connectivity index (χ1) is 8.74. The molecule has 0 saturated heterocycles. The van der Waals surface area contributed by atoms with Crippen LogP contribution in [0.1, 0.15) is 18.3 Å². The van der Waals surface area contributed by atoms with E-state index in [1.165, 1.54) is 6.33 Å². The van der Waals surface area contributed by atoms with Crippen LogP contribution < -0.4 is 4.74 Å². The quantitative estimate of drug-likeness (QED) is 0.789. The standard InChI is InChI=1S/C12H13BrClN3O/c1-2-17-12(15-8-16-17)7-18-11-4-3-10(14)5-9(11)6-13/h3-5,8H,2,6-7H2,1H3. The van der Waals surface area contributed by atoms with Gasteiger partial charge in [0.2, 0.25) is 0 Å². The lowest BCUT2D eigenvalue weighted by atomic mass is 10.2. The van der Waals surface area contributed by atoms with Gasteiger partial charge in [-0.05, 0) is 25.1 Å². The highest BCUT2D eigenvalue weighted by molar-refractivity contribution is 9.08. The Hall–Kier alpha value is -1.07. The van der Waals surface area contributed by atoms with Crippen molar-refractivity contribution in [2.75, 3.05) is 0 Å². The zero-order valence-electron chi connectivity index (χ0n) is 9.94. The molecule has 0 atom stereocenters. The summed E-state index contributed by atoms with van der Waals surface area (Å²) in [5.41, 5.74) is 1.02. The number of ether oxygens (including phenoxy) is 1. The van der Waals surface area contributed by atoms with Crippen LogP contribution in [0, 0.1) is 0 Å². The highest BCUT2D eigenvalue weighted by Gasteiger charge is 2.07. The second-order valence-electron chi connectivity index (χ2n) is 3.67. The van der Waals surface area contributed by atoms with Crippen molar-refractivity contribution in [1.29, 1.82) is 0 Å². The molecule has 18 heavy (non-hydrogen) atoms. The fourth-order valence-electron chi connectivity index (χ4n) is 1.60. The molecule has 6 heteroatoms. The maximum absolute atomic E-state index is 5.94. The van der Waals surface area contributed by atoms with Gasteiger partial charge in [-0.25, -0.2) is 9.67 Å². The minimum atomic E-state index is 0.398. The highest BCUT2D eigenvalue weighted by Crippen LogP contribution is 2.25. The highest BCUT2D eigenvalue weighted by atomic mass is 79.9. The van der Waals surface area contributed by atoms with Crippen molar-refractivity contribution in [2.45, 2.75) is 25.4 Å². The Kier molecular flexibility index (Phi) is 4.60. The smallest absolute Gasteiger partial charge is 0.164 e. The van der Waals surface area contributed by atoms with Crippen molar-refractivity contribution in [1.82, 2.24) is 14.8 Å². The number of aryl methyl sites for hydroxylation is 1. The summed E-state index contributed by atoms with van der Waals surface area (Å²) in [7, 11) is 0. The number of aromatic nitrogens is 3. The summed E-state index contributed by atoms with van der Waals surface area (Å²) in [5.74, 6) is 1.62. The van der Waals surface area contributed by atoms with E-state index in [4.69, 9.17) is 16.3 Å². The first-order valence-corrected chi connectivity index (χ1v) is 7.08. The average Bonchev–Trinajstić information content (AvgIpc) is 2.84. The Balaban J connectivity index is 2.10. The van der Waals surface area contributed by atoms with Crippen LogP contribution in [0.4, 0.5) is 0 Å². The van der Waals surface area contributed by atoms with Gasteiger partial charge in [-0.3, -0.25) is 0 Å². The Morgan fingerprint density at radius 1 is 1.44 bits per heavy atom. The average molecular weight is 331 g/mol. The molecule has 0 amide bonds. The maximum atomic E-state index is 5.94. The lowest BCUT2D eigenvalue weighted by molar-refractivity contribution is 0.285. The number of nitrogens with zero attached hydrogens (tertiary/aromatic N) is 3. The molecular formula is C12H13BrClN3O. The zero-order valence-corrected chi connectivity index (χ0v) is 12.3. The van der Waals surface area contributed by atoms with Crippen LogP contribution in [0.5, 0.6) is 5.75 Å². The van der Waals surface area contributed by atoms with Crippen molar-refractivity contribution in [3.05, 3.63) is 40.9 Å². The van der Waals surface area contributed by atoms with Gasteiger partial charge in [0.1, 0.15) is 18.7 Å². The molecule has 1 heterocycles. The minimum Gasteiger partial charge on any atom is -0.485 e. The van der Waals surface area contributed by atoms with E-state index in [0.717, 1.165) is 23.7 Å². The van der Waals surface area contributed by atoms with Crippen LogP contribution in [0.3, 0.4) is 0 Å². The molecule has 0 radical (unpaired) electrons. The number of hydrogen-bond donors (Lipinski definition) is 0. The first-order valence-electron chi connectivity index (χ1n) is 5.58. The molecule has 0 N–H and O–H groups in total. The van der Waals surface area contributed by atoms with Gasteiger partial charge in [-0.2, -0.15) is 5.10 Å². The number of halogens is 2. The molecule has 1 aromatic carbocycles. The van der Waals surface area contributed by atoms with Gasteiger partial charge in [0, 0.05) is 22.5 Å².